The first kappa shape index (κ1) is 15.9. The summed E-state index contributed by atoms with van der Waals surface area (Å²) in [6.07, 6.45) is 3.06. The molecule has 0 aliphatic heterocycles. The van der Waals surface area contributed by atoms with Crippen LogP contribution in [0, 0.1) is 10.1 Å². The Labute approximate surface area is 141 Å². The lowest BCUT2D eigenvalue weighted by atomic mass is 10.1. The molecule has 1 aromatic heterocycles. The van der Waals surface area contributed by atoms with Gasteiger partial charge in [-0.2, -0.15) is 0 Å². The third-order valence-electron chi connectivity index (χ3n) is 3.38. The predicted molar refractivity (Wildman–Crippen MR) is 92.5 cm³/mol. The van der Waals surface area contributed by atoms with Crippen LogP contribution in [0.3, 0.4) is 0 Å². The van der Waals surface area contributed by atoms with Crippen LogP contribution in [-0.4, -0.2) is 21.3 Å². The van der Waals surface area contributed by atoms with Gasteiger partial charge in [0.2, 0.25) is 0 Å². The molecule has 0 aliphatic carbocycles. The van der Waals surface area contributed by atoms with Gasteiger partial charge < -0.3 is 5.11 Å². The summed E-state index contributed by atoms with van der Waals surface area (Å²) in [5, 5.41) is 30.6. The lowest BCUT2D eigenvalue weighted by Gasteiger charge is -2.08. The van der Waals surface area contributed by atoms with Gasteiger partial charge >= 0.3 is 0 Å². The molecule has 0 amide bonds. The first-order chi connectivity index (χ1) is 11.6. The highest BCUT2D eigenvalue weighted by molar-refractivity contribution is 7.98. The predicted octanol–water partition coefficient (Wildman–Crippen LogP) is 4.99. The van der Waals surface area contributed by atoms with Crippen molar-refractivity contribution in [2.24, 2.45) is 10.2 Å². The molecule has 3 rings (SSSR count). The Morgan fingerprint density at radius 3 is 2.54 bits per heavy atom. The normalized spacial score (nSPS) is 11.2. The minimum absolute atomic E-state index is 0.0362. The van der Waals surface area contributed by atoms with Gasteiger partial charge in [0.1, 0.15) is 11.9 Å². The number of phenolic OH excluding ortho intramolecular Hbond substituents is 1. The molecule has 0 unspecified atom stereocenters. The highest BCUT2D eigenvalue weighted by Crippen LogP contribution is 2.40. The molecule has 0 atom stereocenters. The van der Waals surface area contributed by atoms with E-state index in [0.717, 1.165) is 16.5 Å². The number of thioether (sulfide) groups is 1. The van der Waals surface area contributed by atoms with Crippen LogP contribution >= 0.6 is 11.8 Å². The van der Waals surface area contributed by atoms with Crippen molar-refractivity contribution >= 4 is 39.7 Å². The van der Waals surface area contributed by atoms with Crippen LogP contribution in [-0.2, 0) is 0 Å². The van der Waals surface area contributed by atoms with E-state index >= 15 is 0 Å². The molecular weight excluding hydrogens is 328 g/mol. The molecule has 8 heteroatoms. The first-order valence-corrected chi connectivity index (χ1v) is 8.13. The first-order valence-electron chi connectivity index (χ1n) is 6.91. The molecular formula is C16H12N4O3S. The third-order valence-corrected chi connectivity index (χ3v) is 4.16. The number of hydrogen-bond donors (Lipinski definition) is 1. The fourth-order valence-corrected chi connectivity index (χ4v) is 2.84. The zero-order chi connectivity index (χ0) is 17.1. The maximum Gasteiger partial charge on any atom is 0.287 e. The zero-order valence-electron chi connectivity index (χ0n) is 12.6. The van der Waals surface area contributed by atoms with Gasteiger partial charge in [-0.3, -0.25) is 10.1 Å². The monoisotopic (exact) mass is 340 g/mol. The Morgan fingerprint density at radius 1 is 1.17 bits per heavy atom. The highest BCUT2D eigenvalue weighted by Gasteiger charge is 2.11. The fraction of sp³-hybridized carbons (Fsp3) is 0.0625. The number of benzene rings is 2. The van der Waals surface area contributed by atoms with Gasteiger partial charge in [-0.15, -0.1) is 22.0 Å². The number of rotatable bonds is 4. The number of azo groups is 1. The van der Waals surface area contributed by atoms with Crippen molar-refractivity contribution in [2.75, 3.05) is 6.26 Å². The van der Waals surface area contributed by atoms with Crippen LogP contribution in [0.4, 0.5) is 17.2 Å². The molecule has 120 valence electrons. The summed E-state index contributed by atoms with van der Waals surface area (Å²) in [5.74, 6) is 0.257. The lowest BCUT2D eigenvalue weighted by Crippen LogP contribution is -1.87. The number of nitro groups is 1. The summed E-state index contributed by atoms with van der Waals surface area (Å²) in [6, 6.07) is 11.9. The van der Waals surface area contributed by atoms with Gasteiger partial charge in [0, 0.05) is 16.3 Å². The molecule has 0 bridgehead atoms. The van der Waals surface area contributed by atoms with Crippen LogP contribution in [0.1, 0.15) is 0 Å². The summed E-state index contributed by atoms with van der Waals surface area (Å²) in [5.41, 5.74) is 0.199. The Hall–Kier alpha value is -3.00. The minimum Gasteiger partial charge on any atom is -0.505 e. The number of nitrogens with zero attached hydrogens (tertiary/aromatic N) is 4. The third kappa shape index (κ3) is 3.04. The second kappa shape index (κ2) is 6.63. The molecule has 2 aromatic carbocycles. The maximum absolute atomic E-state index is 10.6. The number of fused-ring (bicyclic) bond motifs is 1. The van der Waals surface area contributed by atoms with E-state index in [1.54, 1.807) is 17.8 Å². The van der Waals surface area contributed by atoms with Crippen LogP contribution in [0.5, 0.6) is 5.75 Å². The van der Waals surface area contributed by atoms with E-state index in [9.17, 15) is 15.2 Å². The van der Waals surface area contributed by atoms with Crippen LogP contribution in [0.15, 0.2) is 63.8 Å². The molecule has 0 saturated carbocycles. The molecule has 0 radical (unpaired) electrons. The standard InChI is InChI=1S/C16H12N4O3S/c1-24-14-8-13(16(21)12-5-3-2-4-11(12)14)18-19-15-7-6-10(9-17-15)20(22)23/h2-9,21H,1H3. The summed E-state index contributed by atoms with van der Waals surface area (Å²) in [6.45, 7) is 0. The van der Waals surface area contributed by atoms with Crippen molar-refractivity contribution < 1.29 is 10.0 Å². The average Bonchev–Trinajstić information content (AvgIpc) is 2.61. The number of phenols is 1. The minimum atomic E-state index is -0.534. The Morgan fingerprint density at radius 2 is 1.92 bits per heavy atom. The van der Waals surface area contributed by atoms with Gasteiger partial charge in [-0.25, -0.2) is 4.98 Å². The van der Waals surface area contributed by atoms with Gasteiger partial charge in [0.05, 0.1) is 4.92 Å². The molecule has 7 nitrogen and oxygen atoms in total. The van der Waals surface area contributed by atoms with Crippen molar-refractivity contribution in [3.8, 4) is 5.75 Å². The van der Waals surface area contributed by atoms with Crippen LogP contribution in [0.25, 0.3) is 10.8 Å². The average molecular weight is 340 g/mol. The summed E-state index contributed by atoms with van der Waals surface area (Å²) in [4.78, 5) is 14.9. The number of hydrogen-bond acceptors (Lipinski definition) is 7. The topological polar surface area (TPSA) is 101 Å². The van der Waals surface area contributed by atoms with Gasteiger partial charge in [-0.05, 0) is 23.8 Å². The van der Waals surface area contributed by atoms with Gasteiger partial charge in [0.25, 0.3) is 5.69 Å². The van der Waals surface area contributed by atoms with E-state index in [1.165, 1.54) is 12.1 Å². The fourth-order valence-electron chi connectivity index (χ4n) is 2.21. The second-order valence-corrected chi connectivity index (χ2v) is 5.67. The molecule has 24 heavy (non-hydrogen) atoms. The Balaban J connectivity index is 2.00. The quantitative estimate of drug-likeness (QED) is 0.312. The highest BCUT2D eigenvalue weighted by atomic mass is 32.2. The van der Waals surface area contributed by atoms with E-state index in [1.807, 2.05) is 30.5 Å². The molecule has 1 N–H and O–H groups in total. The number of pyridine rings is 1. The van der Waals surface area contributed by atoms with Crippen molar-refractivity contribution in [1.29, 1.82) is 0 Å². The smallest absolute Gasteiger partial charge is 0.287 e. The van der Waals surface area contributed by atoms with E-state index in [2.05, 4.69) is 15.2 Å². The summed E-state index contributed by atoms with van der Waals surface area (Å²) >= 11 is 1.54. The van der Waals surface area contributed by atoms with Crippen molar-refractivity contribution in [3.63, 3.8) is 0 Å². The zero-order valence-corrected chi connectivity index (χ0v) is 13.4. The van der Waals surface area contributed by atoms with E-state index < -0.39 is 4.92 Å². The lowest BCUT2D eigenvalue weighted by molar-refractivity contribution is -0.385. The maximum atomic E-state index is 10.6. The Kier molecular flexibility index (Phi) is 4.39. The summed E-state index contributed by atoms with van der Waals surface area (Å²) in [7, 11) is 0. The van der Waals surface area contributed by atoms with Crippen LogP contribution in [0.2, 0.25) is 0 Å². The largest absolute Gasteiger partial charge is 0.505 e. The Bertz CT molecular complexity index is 942. The molecule has 3 aromatic rings. The number of aromatic hydroxyl groups is 1. The molecule has 0 fully saturated rings. The van der Waals surface area contributed by atoms with E-state index in [0.29, 0.717) is 11.1 Å². The summed E-state index contributed by atoms with van der Waals surface area (Å²) < 4.78 is 0. The second-order valence-electron chi connectivity index (χ2n) is 4.82. The van der Waals surface area contributed by atoms with Crippen molar-refractivity contribution in [1.82, 2.24) is 4.98 Å². The van der Waals surface area contributed by atoms with E-state index in [4.69, 9.17) is 0 Å². The molecule has 0 spiro atoms. The molecule has 0 aliphatic rings. The SMILES string of the molecule is CSc1cc(N=Nc2ccc([N+](=O)[O-])cn2)c(O)c2ccccc12. The van der Waals surface area contributed by atoms with Crippen LogP contribution < -0.4 is 0 Å². The molecule has 1 heterocycles. The van der Waals surface area contributed by atoms with Crippen molar-refractivity contribution in [2.45, 2.75) is 4.90 Å². The van der Waals surface area contributed by atoms with Crippen molar-refractivity contribution in [3.05, 3.63) is 58.8 Å². The number of aromatic nitrogens is 1. The van der Waals surface area contributed by atoms with Gasteiger partial charge in [0.15, 0.2) is 11.6 Å². The van der Waals surface area contributed by atoms with Gasteiger partial charge in [-0.1, -0.05) is 24.3 Å². The molecule has 0 saturated heterocycles. The van der Waals surface area contributed by atoms with E-state index in [-0.39, 0.29) is 17.3 Å².